The molecule has 0 N–H and O–H groups in total. The molecule has 0 fully saturated rings. The maximum absolute atomic E-state index is 0. The van der Waals surface area contributed by atoms with Gasteiger partial charge in [0.25, 0.3) is 0 Å². The van der Waals surface area contributed by atoms with Crippen molar-refractivity contribution < 1.29 is 33.8 Å². The molecule has 0 aliphatic rings. The molecule has 0 heterocycles. The Labute approximate surface area is 64.7 Å². The first-order valence-electron chi connectivity index (χ1n) is 0. The molecule has 0 bridgehead atoms. The zero-order chi connectivity index (χ0) is 0. The first-order valence-corrected chi connectivity index (χ1v) is 0. The van der Waals surface area contributed by atoms with Crippen LogP contribution in [0.2, 0.25) is 0 Å². The number of rotatable bonds is 0. The van der Waals surface area contributed by atoms with Gasteiger partial charge >= 0.3 is 23.9 Å². The minimum absolute atomic E-state index is 0. The molecule has 0 aliphatic heterocycles. The third-order valence-corrected chi connectivity index (χ3v) is 0. The van der Waals surface area contributed by atoms with E-state index in [4.69, 9.17) is 0 Å². The molecule has 0 saturated heterocycles. The average Bonchev–Trinajstić information content (AvgIpc) is 0. The zero-order valence-electron chi connectivity index (χ0n) is 1.39. The normalized spacial score (nSPS) is 0. The summed E-state index contributed by atoms with van der Waals surface area (Å²) in [4.78, 5) is 0. The summed E-state index contributed by atoms with van der Waals surface area (Å²) in [6.45, 7) is 0. The van der Waals surface area contributed by atoms with E-state index >= 15 is 0 Å². The van der Waals surface area contributed by atoms with Crippen LogP contribution in [0.25, 0.3) is 0 Å². The number of hydrogen-bond acceptors (Lipinski definition) is 0. The molecule has 0 spiro atoms. The molecule has 0 nitrogen and oxygen atoms in total. The fourth-order valence-corrected chi connectivity index (χ4v) is 0. The summed E-state index contributed by atoms with van der Waals surface area (Å²) in [5.41, 5.74) is 0. The molecule has 0 unspecified atom stereocenters. The molecule has 3 radical (unpaired) electrons. The summed E-state index contributed by atoms with van der Waals surface area (Å²) in [6, 6.07) is 0. The van der Waals surface area contributed by atoms with Crippen molar-refractivity contribution >= 4 is 23.9 Å². The molecule has 0 amide bonds. The Balaban J connectivity index is 0. The minimum atomic E-state index is 0. The molecule has 0 atom stereocenters. The van der Waals surface area contributed by atoms with Crippen LogP contribution in [0.15, 0.2) is 0 Å². The van der Waals surface area contributed by atoms with E-state index in [-0.39, 0.29) is 65.2 Å². The molecule has 31 valence electrons. The quantitative estimate of drug-likeness (QED) is 0.519. The van der Waals surface area contributed by atoms with Crippen molar-refractivity contribution in [2.75, 3.05) is 0 Å². The van der Waals surface area contributed by atoms with Gasteiger partial charge in [-0.3, -0.25) is 0 Å². The summed E-state index contributed by atoms with van der Waals surface area (Å²) in [5.74, 6) is 0. The van der Waals surface area contributed by atoms with Crippen molar-refractivity contribution in [3.05, 3.63) is 0 Å². The molecule has 0 aromatic carbocycles. The molecular weight excluding hydrogens is 246 g/mol. The predicted molar refractivity (Wildman–Crippen MR) is 15.3 cm³/mol. The Hall–Kier alpha value is 1.82. The van der Waals surface area contributed by atoms with E-state index < -0.39 is 0 Å². The Kier molecular flexibility index (Phi) is 216. The molecule has 0 rings (SSSR count). The van der Waals surface area contributed by atoms with Gasteiger partial charge in [0.1, 0.15) is 0 Å². The summed E-state index contributed by atoms with van der Waals surface area (Å²) in [7, 11) is 0. The first kappa shape index (κ1) is 40.7. The molecule has 4 heavy (non-hydrogen) atoms. The van der Waals surface area contributed by atoms with Gasteiger partial charge in [0.15, 0.2) is 0 Å². The van der Waals surface area contributed by atoms with Crippen LogP contribution < -0.4 is 0 Å². The van der Waals surface area contributed by atoms with E-state index in [1.807, 2.05) is 0 Å². The van der Waals surface area contributed by atoms with Crippen molar-refractivity contribution in [3.63, 3.8) is 0 Å². The Morgan fingerprint density at radius 2 is 1.00 bits per heavy atom. The van der Waals surface area contributed by atoms with E-state index in [0.717, 1.165) is 0 Å². The first-order chi connectivity index (χ1) is 0. The van der Waals surface area contributed by atoms with Gasteiger partial charge in [-0.1, -0.05) is 7.43 Å². The monoisotopic (exact) mass is 253 g/mol. The Bertz CT molecular complexity index is 8.00. The van der Waals surface area contributed by atoms with Crippen LogP contribution in [-0.4, -0.2) is 23.9 Å². The van der Waals surface area contributed by atoms with E-state index in [2.05, 4.69) is 0 Å². The fraction of sp³-hybridized carbons (Fsp3) is 1.00. The average molecular weight is 252 g/mol. The van der Waals surface area contributed by atoms with Gasteiger partial charge in [0.05, 0.1) is 0 Å². The van der Waals surface area contributed by atoms with E-state index in [1.54, 1.807) is 0 Å². The van der Waals surface area contributed by atoms with Gasteiger partial charge in [0.2, 0.25) is 0 Å². The molecule has 3 heteroatoms. The van der Waals surface area contributed by atoms with E-state index in [9.17, 15) is 0 Å². The van der Waals surface area contributed by atoms with Gasteiger partial charge in [-0.2, -0.15) is 0 Å². The maximum atomic E-state index is 0. The molecule has 0 aromatic heterocycles. The van der Waals surface area contributed by atoms with Crippen LogP contribution in [0.4, 0.5) is 0 Å². The number of hydrogen-bond donors (Lipinski definition) is 0. The predicted octanol–water partition coefficient (Wildman–Crippen LogP) is -0.285. The van der Waals surface area contributed by atoms with Crippen LogP contribution in [-0.2, 0) is 33.8 Å². The van der Waals surface area contributed by atoms with Crippen LogP contribution in [0.1, 0.15) is 7.43 Å². The van der Waals surface area contributed by atoms with Crippen molar-refractivity contribution in [1.29, 1.82) is 0 Å². The fourth-order valence-electron chi connectivity index (χ4n) is 0. The van der Waals surface area contributed by atoms with Crippen molar-refractivity contribution in [3.8, 4) is 0 Å². The second-order valence-electron chi connectivity index (χ2n) is 0. The van der Waals surface area contributed by atoms with Gasteiger partial charge in [-0.25, -0.2) is 0 Å². The van der Waals surface area contributed by atoms with E-state index in [0.29, 0.717) is 0 Å². The summed E-state index contributed by atoms with van der Waals surface area (Å²) < 4.78 is 0. The third kappa shape index (κ3) is 9.17. The Morgan fingerprint density at radius 3 is 1.00 bits per heavy atom. The summed E-state index contributed by atoms with van der Waals surface area (Å²) in [6.07, 6.45) is 0. The molecule has 0 aromatic rings. The van der Waals surface area contributed by atoms with Gasteiger partial charge in [-0.15, -0.1) is 0 Å². The third-order valence-electron chi connectivity index (χ3n) is 0. The van der Waals surface area contributed by atoms with Crippen LogP contribution in [0, 0.1) is 0 Å². The van der Waals surface area contributed by atoms with Crippen molar-refractivity contribution in [1.82, 2.24) is 0 Å². The summed E-state index contributed by atoms with van der Waals surface area (Å²) in [5, 5.41) is 0. The van der Waals surface area contributed by atoms with Crippen LogP contribution >= 0.6 is 0 Å². The van der Waals surface area contributed by atoms with Gasteiger partial charge in [0, 0.05) is 33.8 Å². The van der Waals surface area contributed by atoms with Crippen LogP contribution in [0.3, 0.4) is 0 Å². The molecule has 0 aliphatic carbocycles. The molecule has 0 saturated carbocycles. The standard InChI is InChI=1S/CH4.Co.Fe.Sn.2H/h1H4;;;;;. The second kappa shape index (κ2) is 21.2. The second-order valence-corrected chi connectivity index (χ2v) is 0. The van der Waals surface area contributed by atoms with Crippen molar-refractivity contribution in [2.45, 2.75) is 7.43 Å². The van der Waals surface area contributed by atoms with Gasteiger partial charge < -0.3 is 0 Å². The zero-order valence-corrected chi connectivity index (χ0v) is 7.58. The van der Waals surface area contributed by atoms with Crippen molar-refractivity contribution in [2.24, 2.45) is 0 Å². The Morgan fingerprint density at radius 1 is 1.00 bits per heavy atom. The van der Waals surface area contributed by atoms with E-state index in [1.165, 1.54) is 0 Å². The van der Waals surface area contributed by atoms with Crippen LogP contribution in [0.5, 0.6) is 0 Å². The SMILES string of the molecule is C.[Co].[Fe].[SnH2]. The topological polar surface area (TPSA) is 0 Å². The van der Waals surface area contributed by atoms with Gasteiger partial charge in [-0.05, 0) is 0 Å². The molecular formula is CH6CoFeSn. The summed E-state index contributed by atoms with van der Waals surface area (Å²) >= 11 is 0.